The van der Waals surface area contributed by atoms with Crippen LogP contribution in [0.3, 0.4) is 0 Å². The fourth-order valence-corrected chi connectivity index (χ4v) is 4.46. The van der Waals surface area contributed by atoms with Crippen molar-refractivity contribution in [2.45, 2.75) is 42.9 Å². The average molecular weight is 247 g/mol. The van der Waals surface area contributed by atoms with Crippen LogP contribution in [0.2, 0.25) is 0 Å². The van der Waals surface area contributed by atoms with E-state index in [2.05, 4.69) is 5.32 Å². The first kappa shape index (κ1) is 12.3. The van der Waals surface area contributed by atoms with Crippen molar-refractivity contribution in [1.82, 2.24) is 5.32 Å². The van der Waals surface area contributed by atoms with Gasteiger partial charge in [-0.3, -0.25) is 0 Å². The molecule has 94 valence electrons. The molecule has 0 radical (unpaired) electrons. The Hall–Kier alpha value is -0.130. The van der Waals surface area contributed by atoms with Gasteiger partial charge in [-0.2, -0.15) is 0 Å². The van der Waals surface area contributed by atoms with Gasteiger partial charge in [-0.1, -0.05) is 6.42 Å². The monoisotopic (exact) mass is 247 g/mol. The van der Waals surface area contributed by atoms with Crippen LogP contribution < -0.4 is 5.32 Å². The van der Waals surface area contributed by atoms with Gasteiger partial charge in [0.05, 0.1) is 17.4 Å². The summed E-state index contributed by atoms with van der Waals surface area (Å²) in [6.07, 6.45) is 6.09. The van der Waals surface area contributed by atoms with Crippen LogP contribution in [0.4, 0.5) is 0 Å². The molecule has 0 spiro atoms. The molecule has 2 saturated carbocycles. The van der Waals surface area contributed by atoms with Gasteiger partial charge in [-0.25, -0.2) is 8.42 Å². The topological polar surface area (TPSA) is 66.4 Å². The van der Waals surface area contributed by atoms with Crippen molar-refractivity contribution in [3.8, 4) is 0 Å². The number of nitrogens with one attached hydrogen (secondary N) is 1. The predicted molar refractivity (Wildman–Crippen MR) is 63.0 cm³/mol. The van der Waals surface area contributed by atoms with Crippen molar-refractivity contribution >= 4 is 9.84 Å². The first-order valence-corrected chi connectivity index (χ1v) is 7.98. The number of aliphatic hydroxyl groups excluding tert-OH is 1. The van der Waals surface area contributed by atoms with E-state index in [1.165, 1.54) is 19.1 Å². The van der Waals surface area contributed by atoms with Gasteiger partial charge in [0.1, 0.15) is 0 Å². The summed E-state index contributed by atoms with van der Waals surface area (Å²) in [6.45, 7) is 0.782. The van der Waals surface area contributed by atoms with Crippen molar-refractivity contribution in [2.75, 3.05) is 19.4 Å². The summed E-state index contributed by atoms with van der Waals surface area (Å²) in [7, 11) is -3.07. The van der Waals surface area contributed by atoms with Crippen LogP contribution in [0.1, 0.15) is 32.1 Å². The molecule has 2 fully saturated rings. The van der Waals surface area contributed by atoms with E-state index in [4.69, 9.17) is 0 Å². The molecule has 0 bridgehead atoms. The molecular formula is C11H21NO3S. The van der Waals surface area contributed by atoms with Gasteiger partial charge < -0.3 is 10.4 Å². The summed E-state index contributed by atoms with van der Waals surface area (Å²) >= 11 is 0. The maximum atomic E-state index is 11.7. The second-order valence-electron chi connectivity index (χ2n) is 5.35. The van der Waals surface area contributed by atoms with E-state index < -0.39 is 20.6 Å². The van der Waals surface area contributed by atoms with E-state index in [1.807, 2.05) is 0 Å². The SMILES string of the molecule is CS(=O)(=O)C1CCCC1(CO)NCC1CC1. The third-order valence-electron chi connectivity index (χ3n) is 3.94. The Morgan fingerprint density at radius 1 is 1.38 bits per heavy atom. The van der Waals surface area contributed by atoms with Gasteiger partial charge in [-0.15, -0.1) is 0 Å². The Morgan fingerprint density at radius 3 is 2.56 bits per heavy atom. The Morgan fingerprint density at radius 2 is 2.06 bits per heavy atom. The summed E-state index contributed by atoms with van der Waals surface area (Å²) in [4.78, 5) is 0. The van der Waals surface area contributed by atoms with Gasteiger partial charge in [0.15, 0.2) is 9.84 Å². The summed E-state index contributed by atoms with van der Waals surface area (Å²) in [6, 6.07) is 0. The maximum Gasteiger partial charge on any atom is 0.152 e. The van der Waals surface area contributed by atoms with Gasteiger partial charge >= 0.3 is 0 Å². The minimum Gasteiger partial charge on any atom is -0.394 e. The highest BCUT2D eigenvalue weighted by Gasteiger charge is 2.47. The lowest BCUT2D eigenvalue weighted by molar-refractivity contribution is 0.165. The van der Waals surface area contributed by atoms with Crippen molar-refractivity contribution in [1.29, 1.82) is 0 Å². The van der Waals surface area contributed by atoms with Crippen molar-refractivity contribution in [3.63, 3.8) is 0 Å². The second kappa shape index (κ2) is 4.27. The summed E-state index contributed by atoms with van der Waals surface area (Å²) in [5.41, 5.74) is -0.573. The van der Waals surface area contributed by atoms with E-state index in [-0.39, 0.29) is 6.61 Å². The van der Waals surface area contributed by atoms with Crippen LogP contribution >= 0.6 is 0 Å². The Kier molecular flexibility index (Phi) is 3.29. The molecule has 2 rings (SSSR count). The summed E-state index contributed by atoms with van der Waals surface area (Å²) in [5, 5.41) is 12.5. The van der Waals surface area contributed by atoms with Crippen LogP contribution in [-0.2, 0) is 9.84 Å². The zero-order chi connectivity index (χ0) is 11.8. The lowest BCUT2D eigenvalue weighted by Crippen LogP contribution is -2.57. The Balaban J connectivity index is 2.10. The normalized spacial score (nSPS) is 35.5. The molecule has 2 aliphatic carbocycles. The van der Waals surface area contributed by atoms with Crippen LogP contribution in [0, 0.1) is 5.92 Å². The van der Waals surface area contributed by atoms with Gasteiger partial charge in [0.2, 0.25) is 0 Å². The fraction of sp³-hybridized carbons (Fsp3) is 1.00. The molecule has 16 heavy (non-hydrogen) atoms. The molecule has 0 amide bonds. The van der Waals surface area contributed by atoms with Gasteiger partial charge in [0, 0.05) is 6.26 Å². The summed E-state index contributed by atoms with van der Waals surface area (Å²) in [5.74, 6) is 0.698. The molecular weight excluding hydrogens is 226 g/mol. The molecule has 0 aliphatic heterocycles. The standard InChI is InChI=1S/C11H21NO3S/c1-16(14,15)10-3-2-6-11(10,8-13)12-7-9-4-5-9/h9-10,12-13H,2-8H2,1H3. The van der Waals surface area contributed by atoms with Crippen LogP contribution in [0.15, 0.2) is 0 Å². The van der Waals surface area contributed by atoms with E-state index in [1.54, 1.807) is 0 Å². The number of hydrogen-bond acceptors (Lipinski definition) is 4. The first-order chi connectivity index (χ1) is 7.48. The molecule has 2 N–H and O–H groups in total. The zero-order valence-corrected chi connectivity index (χ0v) is 10.6. The van der Waals surface area contributed by atoms with Gasteiger partial charge in [0.25, 0.3) is 0 Å². The van der Waals surface area contributed by atoms with E-state index in [0.717, 1.165) is 19.4 Å². The van der Waals surface area contributed by atoms with Crippen LogP contribution in [0.25, 0.3) is 0 Å². The van der Waals surface area contributed by atoms with Crippen molar-refractivity contribution < 1.29 is 13.5 Å². The highest BCUT2D eigenvalue weighted by molar-refractivity contribution is 7.91. The highest BCUT2D eigenvalue weighted by atomic mass is 32.2. The predicted octanol–water partition coefficient (Wildman–Crippen LogP) is 0.314. The second-order valence-corrected chi connectivity index (χ2v) is 7.58. The van der Waals surface area contributed by atoms with E-state index in [9.17, 15) is 13.5 Å². The largest absolute Gasteiger partial charge is 0.394 e. The van der Waals surface area contributed by atoms with Crippen LogP contribution in [-0.4, -0.2) is 43.7 Å². The van der Waals surface area contributed by atoms with Crippen molar-refractivity contribution in [2.24, 2.45) is 5.92 Å². The molecule has 0 heterocycles. The molecule has 2 atom stereocenters. The lowest BCUT2D eigenvalue weighted by atomic mass is 9.98. The molecule has 0 aromatic carbocycles. The average Bonchev–Trinajstić information content (AvgIpc) is 2.93. The maximum absolute atomic E-state index is 11.7. The highest BCUT2D eigenvalue weighted by Crippen LogP contribution is 2.36. The number of aliphatic hydroxyl groups is 1. The number of rotatable bonds is 5. The minimum atomic E-state index is -3.07. The number of sulfone groups is 1. The molecule has 2 aliphatic rings. The summed E-state index contributed by atoms with van der Waals surface area (Å²) < 4.78 is 23.4. The third-order valence-corrected chi connectivity index (χ3v) is 5.66. The Bertz CT molecular complexity index is 350. The van der Waals surface area contributed by atoms with E-state index in [0.29, 0.717) is 12.3 Å². The molecule has 4 nitrogen and oxygen atoms in total. The van der Waals surface area contributed by atoms with Crippen LogP contribution in [0.5, 0.6) is 0 Å². The first-order valence-electron chi connectivity index (χ1n) is 6.03. The zero-order valence-electron chi connectivity index (χ0n) is 9.78. The minimum absolute atomic E-state index is 0.0720. The molecule has 5 heteroatoms. The molecule has 0 saturated heterocycles. The van der Waals surface area contributed by atoms with Gasteiger partial charge in [-0.05, 0) is 38.1 Å². The van der Waals surface area contributed by atoms with E-state index >= 15 is 0 Å². The molecule has 2 unspecified atom stereocenters. The third kappa shape index (κ3) is 2.41. The quantitative estimate of drug-likeness (QED) is 0.734. The Labute approximate surface area is 97.3 Å². The number of hydrogen-bond donors (Lipinski definition) is 2. The molecule has 0 aromatic rings. The smallest absolute Gasteiger partial charge is 0.152 e. The fourth-order valence-electron chi connectivity index (χ4n) is 2.77. The van der Waals surface area contributed by atoms with Crippen molar-refractivity contribution in [3.05, 3.63) is 0 Å². The molecule has 0 aromatic heterocycles. The lowest BCUT2D eigenvalue weighted by Gasteiger charge is -2.34.